The van der Waals surface area contributed by atoms with Crippen LogP contribution in [-0.4, -0.2) is 23.9 Å². The van der Waals surface area contributed by atoms with Gasteiger partial charge in [0.25, 0.3) is 0 Å². The maximum absolute atomic E-state index is 14.0. The highest BCUT2D eigenvalue weighted by molar-refractivity contribution is 5.81. The highest BCUT2D eigenvalue weighted by atomic mass is 19.1. The molecule has 1 aliphatic heterocycles. The summed E-state index contributed by atoms with van der Waals surface area (Å²) in [5.41, 5.74) is 0.576. The standard InChI is InChI=1S/C17H23FN2O/c1-12-6-8-13(9-7-12)11-20-16(21)10-19-17(20)14-4-2-3-5-15(14)18/h2-5,12-13,17,19H,6-11H2,1H3. The van der Waals surface area contributed by atoms with Crippen LogP contribution in [0, 0.1) is 17.7 Å². The van der Waals surface area contributed by atoms with E-state index in [1.165, 1.54) is 31.7 Å². The summed E-state index contributed by atoms with van der Waals surface area (Å²) in [7, 11) is 0. The number of carbonyl (C=O) groups excluding carboxylic acids is 1. The molecule has 1 amide bonds. The van der Waals surface area contributed by atoms with E-state index < -0.39 is 0 Å². The Labute approximate surface area is 125 Å². The Morgan fingerprint density at radius 2 is 1.95 bits per heavy atom. The minimum Gasteiger partial charge on any atom is -0.321 e. The van der Waals surface area contributed by atoms with E-state index in [9.17, 15) is 9.18 Å². The second-order valence-corrected chi connectivity index (χ2v) is 6.48. The summed E-state index contributed by atoms with van der Waals surface area (Å²) in [6.07, 6.45) is 4.52. The van der Waals surface area contributed by atoms with E-state index in [2.05, 4.69) is 12.2 Å². The van der Waals surface area contributed by atoms with Crippen LogP contribution in [-0.2, 0) is 4.79 Å². The molecular weight excluding hydrogens is 267 g/mol. The number of hydrogen-bond donors (Lipinski definition) is 1. The molecule has 0 radical (unpaired) electrons. The zero-order valence-electron chi connectivity index (χ0n) is 12.5. The number of carbonyl (C=O) groups is 1. The lowest BCUT2D eigenvalue weighted by molar-refractivity contribution is -0.128. The third kappa shape index (κ3) is 3.10. The predicted octanol–water partition coefficient (Wildman–Crippen LogP) is 3.08. The number of hydrogen-bond acceptors (Lipinski definition) is 2. The molecule has 0 spiro atoms. The summed E-state index contributed by atoms with van der Waals surface area (Å²) in [4.78, 5) is 14.0. The van der Waals surface area contributed by atoms with Crippen LogP contribution in [0.4, 0.5) is 4.39 Å². The number of amides is 1. The lowest BCUT2D eigenvalue weighted by Crippen LogP contribution is -2.36. The van der Waals surface area contributed by atoms with Crippen molar-refractivity contribution in [3.8, 4) is 0 Å². The van der Waals surface area contributed by atoms with Gasteiger partial charge in [-0.25, -0.2) is 4.39 Å². The van der Waals surface area contributed by atoms with Crippen molar-refractivity contribution in [1.82, 2.24) is 10.2 Å². The first kappa shape index (κ1) is 14.5. The van der Waals surface area contributed by atoms with Crippen LogP contribution >= 0.6 is 0 Å². The first-order valence-electron chi connectivity index (χ1n) is 7.92. The molecule has 114 valence electrons. The Balaban J connectivity index is 1.73. The second-order valence-electron chi connectivity index (χ2n) is 6.48. The van der Waals surface area contributed by atoms with Crippen LogP contribution in [0.3, 0.4) is 0 Å². The van der Waals surface area contributed by atoms with Gasteiger partial charge in [-0.15, -0.1) is 0 Å². The number of rotatable bonds is 3. The summed E-state index contributed by atoms with van der Waals surface area (Å²) in [5, 5.41) is 3.15. The third-order valence-electron chi connectivity index (χ3n) is 4.87. The smallest absolute Gasteiger partial charge is 0.238 e. The normalized spacial score (nSPS) is 29.9. The van der Waals surface area contributed by atoms with E-state index in [1.54, 1.807) is 12.1 Å². The molecule has 1 heterocycles. The van der Waals surface area contributed by atoms with Gasteiger partial charge in [-0.05, 0) is 30.7 Å². The van der Waals surface area contributed by atoms with Gasteiger partial charge in [-0.2, -0.15) is 0 Å². The van der Waals surface area contributed by atoms with Crippen molar-refractivity contribution in [3.63, 3.8) is 0 Å². The largest absolute Gasteiger partial charge is 0.321 e. The first-order chi connectivity index (χ1) is 10.1. The highest BCUT2D eigenvalue weighted by Crippen LogP contribution is 2.32. The van der Waals surface area contributed by atoms with Gasteiger partial charge in [0.05, 0.1) is 6.54 Å². The van der Waals surface area contributed by atoms with E-state index >= 15 is 0 Å². The average molecular weight is 290 g/mol. The van der Waals surface area contributed by atoms with Crippen LogP contribution in [0.1, 0.15) is 44.3 Å². The fourth-order valence-corrected chi connectivity index (χ4v) is 3.51. The molecule has 1 N–H and O–H groups in total. The molecule has 3 rings (SSSR count). The number of nitrogens with one attached hydrogen (secondary N) is 1. The molecule has 0 aromatic heterocycles. The Morgan fingerprint density at radius 1 is 1.24 bits per heavy atom. The number of benzene rings is 1. The van der Waals surface area contributed by atoms with Gasteiger partial charge in [0.2, 0.25) is 5.91 Å². The zero-order chi connectivity index (χ0) is 14.8. The monoisotopic (exact) mass is 290 g/mol. The fraction of sp³-hybridized carbons (Fsp3) is 0.588. The molecule has 2 aliphatic rings. The maximum atomic E-state index is 14.0. The lowest BCUT2D eigenvalue weighted by Gasteiger charge is -2.32. The fourth-order valence-electron chi connectivity index (χ4n) is 3.51. The van der Waals surface area contributed by atoms with E-state index in [0.29, 0.717) is 18.0 Å². The summed E-state index contributed by atoms with van der Waals surface area (Å²) in [6.45, 7) is 3.35. The molecule has 2 fully saturated rings. The summed E-state index contributed by atoms with van der Waals surface area (Å²) >= 11 is 0. The van der Waals surface area contributed by atoms with Crippen LogP contribution in [0.25, 0.3) is 0 Å². The molecular formula is C17H23FN2O. The van der Waals surface area contributed by atoms with Gasteiger partial charge < -0.3 is 4.90 Å². The Bertz CT molecular complexity index is 511. The molecule has 1 aromatic rings. The van der Waals surface area contributed by atoms with Crippen molar-refractivity contribution in [2.45, 2.75) is 38.8 Å². The minimum absolute atomic E-state index is 0.0851. The summed E-state index contributed by atoms with van der Waals surface area (Å²) in [5.74, 6) is 1.20. The van der Waals surface area contributed by atoms with Crippen LogP contribution in [0.15, 0.2) is 24.3 Å². The van der Waals surface area contributed by atoms with Crippen LogP contribution in [0.2, 0.25) is 0 Å². The molecule has 1 atom stereocenters. The molecule has 3 nitrogen and oxygen atoms in total. The van der Waals surface area contributed by atoms with Gasteiger partial charge >= 0.3 is 0 Å². The molecule has 1 unspecified atom stereocenters. The van der Waals surface area contributed by atoms with Gasteiger partial charge in [0, 0.05) is 12.1 Å². The van der Waals surface area contributed by atoms with Crippen LogP contribution < -0.4 is 5.32 Å². The topological polar surface area (TPSA) is 32.3 Å². The van der Waals surface area contributed by atoms with Crippen molar-refractivity contribution >= 4 is 5.91 Å². The molecule has 1 aromatic carbocycles. The van der Waals surface area contributed by atoms with E-state index in [0.717, 1.165) is 12.5 Å². The maximum Gasteiger partial charge on any atom is 0.238 e. The van der Waals surface area contributed by atoms with E-state index in [-0.39, 0.29) is 17.9 Å². The summed E-state index contributed by atoms with van der Waals surface area (Å²) < 4.78 is 14.0. The SMILES string of the molecule is CC1CCC(CN2C(=O)CNC2c2ccccc2F)CC1. The van der Waals surface area contributed by atoms with Crippen molar-refractivity contribution < 1.29 is 9.18 Å². The molecule has 1 saturated carbocycles. The second kappa shape index (κ2) is 6.14. The Kier molecular flexibility index (Phi) is 4.24. The zero-order valence-corrected chi connectivity index (χ0v) is 12.5. The predicted molar refractivity (Wildman–Crippen MR) is 80.0 cm³/mol. The molecule has 4 heteroatoms. The third-order valence-corrected chi connectivity index (χ3v) is 4.87. The quantitative estimate of drug-likeness (QED) is 0.928. The van der Waals surface area contributed by atoms with Gasteiger partial charge in [0.15, 0.2) is 0 Å². The number of nitrogens with zero attached hydrogens (tertiary/aromatic N) is 1. The van der Waals surface area contributed by atoms with Crippen LogP contribution in [0.5, 0.6) is 0 Å². The van der Waals surface area contributed by atoms with Crippen molar-refractivity contribution in [1.29, 1.82) is 0 Å². The van der Waals surface area contributed by atoms with Gasteiger partial charge in [-0.1, -0.05) is 38.0 Å². The van der Waals surface area contributed by atoms with E-state index in [4.69, 9.17) is 0 Å². The highest BCUT2D eigenvalue weighted by Gasteiger charge is 2.35. The van der Waals surface area contributed by atoms with Gasteiger partial charge in [-0.3, -0.25) is 10.1 Å². The Hall–Kier alpha value is -1.42. The van der Waals surface area contributed by atoms with Gasteiger partial charge in [0.1, 0.15) is 12.0 Å². The average Bonchev–Trinajstić information content (AvgIpc) is 2.83. The van der Waals surface area contributed by atoms with Crippen molar-refractivity contribution in [2.75, 3.05) is 13.1 Å². The van der Waals surface area contributed by atoms with E-state index in [1.807, 2.05) is 11.0 Å². The minimum atomic E-state index is -0.307. The first-order valence-corrected chi connectivity index (χ1v) is 7.92. The van der Waals surface area contributed by atoms with Crippen molar-refractivity contribution in [2.24, 2.45) is 11.8 Å². The molecule has 0 bridgehead atoms. The molecule has 1 saturated heterocycles. The number of halogens is 1. The molecule has 21 heavy (non-hydrogen) atoms. The summed E-state index contributed by atoms with van der Waals surface area (Å²) in [6, 6.07) is 6.73. The lowest BCUT2D eigenvalue weighted by atomic mass is 9.82. The molecule has 1 aliphatic carbocycles. The van der Waals surface area contributed by atoms with Crippen molar-refractivity contribution in [3.05, 3.63) is 35.6 Å². The Morgan fingerprint density at radius 3 is 2.67 bits per heavy atom.